The number of hydrogen-bond acceptors (Lipinski definition) is 3. The van der Waals surface area contributed by atoms with Gasteiger partial charge in [-0.2, -0.15) is 0 Å². The predicted octanol–water partition coefficient (Wildman–Crippen LogP) is 1.68. The molecular formula is C11H20O4. The fourth-order valence-electron chi connectivity index (χ4n) is 1.63. The summed E-state index contributed by atoms with van der Waals surface area (Å²) >= 11 is 0. The Morgan fingerprint density at radius 3 is 2.60 bits per heavy atom. The quantitative estimate of drug-likeness (QED) is 0.776. The zero-order valence-electron chi connectivity index (χ0n) is 9.71. The summed E-state index contributed by atoms with van der Waals surface area (Å²) in [5.41, 5.74) is -0.926. The molecule has 0 saturated carbocycles. The molecule has 1 aliphatic heterocycles. The zero-order chi connectivity index (χ0) is 11.5. The van der Waals surface area contributed by atoms with Crippen molar-refractivity contribution >= 4 is 5.97 Å². The molecule has 1 aliphatic rings. The molecule has 1 heterocycles. The van der Waals surface area contributed by atoms with Gasteiger partial charge in [-0.1, -0.05) is 0 Å². The van der Waals surface area contributed by atoms with E-state index in [1.54, 1.807) is 0 Å². The summed E-state index contributed by atoms with van der Waals surface area (Å²) in [6.07, 6.45) is 1.12. The molecular weight excluding hydrogens is 196 g/mol. The van der Waals surface area contributed by atoms with Gasteiger partial charge in [-0.15, -0.1) is 0 Å². The first kappa shape index (κ1) is 12.5. The Labute approximate surface area is 90.6 Å². The van der Waals surface area contributed by atoms with Crippen LogP contribution in [0.1, 0.15) is 33.6 Å². The highest BCUT2D eigenvalue weighted by Gasteiger charge is 2.42. The molecule has 0 amide bonds. The van der Waals surface area contributed by atoms with Crippen molar-refractivity contribution in [2.45, 2.75) is 39.2 Å². The fraction of sp³-hybridized carbons (Fsp3) is 0.909. The van der Waals surface area contributed by atoms with E-state index in [2.05, 4.69) is 0 Å². The third-order valence-corrected chi connectivity index (χ3v) is 2.67. The van der Waals surface area contributed by atoms with Crippen molar-refractivity contribution in [3.8, 4) is 0 Å². The predicted molar refractivity (Wildman–Crippen MR) is 55.8 cm³/mol. The number of carbonyl (C=O) groups is 1. The highest BCUT2D eigenvalue weighted by molar-refractivity contribution is 5.75. The van der Waals surface area contributed by atoms with E-state index in [1.165, 1.54) is 0 Å². The van der Waals surface area contributed by atoms with E-state index in [-0.39, 0.29) is 5.60 Å². The highest BCUT2D eigenvalue weighted by Crippen LogP contribution is 2.33. The van der Waals surface area contributed by atoms with Gasteiger partial charge in [0, 0.05) is 13.2 Å². The van der Waals surface area contributed by atoms with Crippen LogP contribution in [0.25, 0.3) is 0 Å². The van der Waals surface area contributed by atoms with E-state index < -0.39 is 11.4 Å². The van der Waals surface area contributed by atoms with Crippen LogP contribution in [0.3, 0.4) is 0 Å². The molecule has 88 valence electrons. The van der Waals surface area contributed by atoms with Crippen LogP contribution in [0.4, 0.5) is 0 Å². The summed E-state index contributed by atoms with van der Waals surface area (Å²) in [5, 5.41) is 9.16. The van der Waals surface area contributed by atoms with E-state index >= 15 is 0 Å². The third kappa shape index (κ3) is 3.47. The molecule has 1 N–H and O–H groups in total. The summed E-state index contributed by atoms with van der Waals surface area (Å²) in [5.74, 6) is -0.766. The Morgan fingerprint density at radius 2 is 2.20 bits per heavy atom. The smallest absolute Gasteiger partial charge is 0.312 e. The molecule has 1 saturated heterocycles. The highest BCUT2D eigenvalue weighted by atomic mass is 16.5. The Hall–Kier alpha value is -0.610. The molecule has 0 aromatic heterocycles. The van der Waals surface area contributed by atoms with Crippen molar-refractivity contribution in [3.05, 3.63) is 0 Å². The Kier molecular flexibility index (Phi) is 3.73. The van der Waals surface area contributed by atoms with Crippen LogP contribution in [-0.4, -0.2) is 36.5 Å². The first-order chi connectivity index (χ1) is 6.86. The molecule has 1 atom stereocenters. The minimum Gasteiger partial charge on any atom is -0.481 e. The van der Waals surface area contributed by atoms with Crippen LogP contribution in [0, 0.1) is 5.41 Å². The van der Waals surface area contributed by atoms with Crippen molar-refractivity contribution in [1.29, 1.82) is 0 Å². The second kappa shape index (κ2) is 4.49. The fourth-order valence-corrected chi connectivity index (χ4v) is 1.63. The van der Waals surface area contributed by atoms with Gasteiger partial charge in [0.1, 0.15) is 0 Å². The lowest BCUT2D eigenvalue weighted by atomic mass is 9.84. The van der Waals surface area contributed by atoms with Gasteiger partial charge >= 0.3 is 5.97 Å². The van der Waals surface area contributed by atoms with Crippen LogP contribution in [0.15, 0.2) is 0 Å². The monoisotopic (exact) mass is 216 g/mol. The maximum absolute atomic E-state index is 11.1. The number of ether oxygens (including phenoxy) is 2. The SMILES string of the molecule is CC(C)(C)OCCC1(C(=O)O)CCOC1. The molecule has 0 spiro atoms. The molecule has 0 radical (unpaired) electrons. The molecule has 4 heteroatoms. The average Bonchev–Trinajstić information content (AvgIpc) is 2.51. The van der Waals surface area contributed by atoms with Crippen molar-refractivity contribution < 1.29 is 19.4 Å². The number of aliphatic carboxylic acids is 1. The van der Waals surface area contributed by atoms with Gasteiger partial charge in [0.05, 0.1) is 17.6 Å². The molecule has 0 aliphatic carbocycles. The Balaban J connectivity index is 2.43. The van der Waals surface area contributed by atoms with Crippen molar-refractivity contribution in [2.24, 2.45) is 5.41 Å². The molecule has 1 rings (SSSR count). The van der Waals surface area contributed by atoms with Crippen molar-refractivity contribution in [2.75, 3.05) is 19.8 Å². The molecule has 4 nitrogen and oxygen atoms in total. The summed E-state index contributed by atoms with van der Waals surface area (Å²) < 4.78 is 10.7. The number of rotatable bonds is 4. The molecule has 0 bridgehead atoms. The summed E-state index contributed by atoms with van der Waals surface area (Å²) in [6.45, 7) is 7.22. The summed E-state index contributed by atoms with van der Waals surface area (Å²) in [4.78, 5) is 11.1. The molecule has 0 aromatic carbocycles. The van der Waals surface area contributed by atoms with Crippen LogP contribution in [0.5, 0.6) is 0 Å². The van der Waals surface area contributed by atoms with Gasteiger partial charge < -0.3 is 14.6 Å². The Morgan fingerprint density at radius 1 is 1.53 bits per heavy atom. The van der Waals surface area contributed by atoms with Crippen LogP contribution in [-0.2, 0) is 14.3 Å². The van der Waals surface area contributed by atoms with Gasteiger partial charge in [-0.05, 0) is 33.6 Å². The van der Waals surface area contributed by atoms with Crippen LogP contribution < -0.4 is 0 Å². The normalized spacial score (nSPS) is 26.9. The molecule has 15 heavy (non-hydrogen) atoms. The van der Waals surface area contributed by atoms with E-state index in [4.69, 9.17) is 14.6 Å². The number of carboxylic acid groups (broad SMARTS) is 1. The Bertz CT molecular complexity index is 223. The second-order valence-electron chi connectivity index (χ2n) is 5.10. The topological polar surface area (TPSA) is 55.8 Å². The van der Waals surface area contributed by atoms with Gasteiger partial charge in [0.2, 0.25) is 0 Å². The minimum atomic E-state index is -0.766. The lowest BCUT2D eigenvalue weighted by Gasteiger charge is -2.25. The van der Waals surface area contributed by atoms with Gasteiger partial charge in [-0.25, -0.2) is 0 Å². The second-order valence-corrected chi connectivity index (χ2v) is 5.10. The number of hydrogen-bond donors (Lipinski definition) is 1. The molecule has 1 unspecified atom stereocenters. The zero-order valence-corrected chi connectivity index (χ0v) is 9.71. The lowest BCUT2D eigenvalue weighted by molar-refractivity contribution is -0.151. The summed E-state index contributed by atoms with van der Waals surface area (Å²) in [6, 6.07) is 0. The van der Waals surface area contributed by atoms with Crippen molar-refractivity contribution in [3.63, 3.8) is 0 Å². The van der Waals surface area contributed by atoms with E-state index in [0.717, 1.165) is 0 Å². The van der Waals surface area contributed by atoms with E-state index in [1.807, 2.05) is 20.8 Å². The van der Waals surface area contributed by atoms with Gasteiger partial charge in [-0.3, -0.25) is 4.79 Å². The van der Waals surface area contributed by atoms with Crippen LogP contribution in [0.2, 0.25) is 0 Å². The van der Waals surface area contributed by atoms with E-state index in [0.29, 0.717) is 32.7 Å². The van der Waals surface area contributed by atoms with Crippen molar-refractivity contribution in [1.82, 2.24) is 0 Å². The van der Waals surface area contributed by atoms with Crippen LogP contribution >= 0.6 is 0 Å². The lowest BCUT2D eigenvalue weighted by Crippen LogP contribution is -2.34. The molecule has 1 fully saturated rings. The standard InChI is InChI=1S/C11H20O4/c1-10(2,3)15-7-5-11(9(12)13)4-6-14-8-11/h4-8H2,1-3H3,(H,12,13). The minimum absolute atomic E-state index is 0.209. The summed E-state index contributed by atoms with van der Waals surface area (Å²) in [7, 11) is 0. The van der Waals surface area contributed by atoms with Gasteiger partial charge in [0.15, 0.2) is 0 Å². The third-order valence-electron chi connectivity index (χ3n) is 2.67. The maximum Gasteiger partial charge on any atom is 0.312 e. The largest absolute Gasteiger partial charge is 0.481 e. The van der Waals surface area contributed by atoms with Gasteiger partial charge in [0.25, 0.3) is 0 Å². The first-order valence-electron chi connectivity index (χ1n) is 5.31. The number of carboxylic acids is 1. The maximum atomic E-state index is 11.1. The average molecular weight is 216 g/mol. The van der Waals surface area contributed by atoms with E-state index in [9.17, 15) is 4.79 Å². The molecule has 0 aromatic rings. The first-order valence-corrected chi connectivity index (χ1v) is 5.31.